The summed E-state index contributed by atoms with van der Waals surface area (Å²) in [5.41, 5.74) is 0. The van der Waals surface area contributed by atoms with Crippen LogP contribution in [0.5, 0.6) is 0 Å². The van der Waals surface area contributed by atoms with E-state index in [0.717, 1.165) is 13.1 Å². The van der Waals surface area contributed by atoms with E-state index in [-0.39, 0.29) is 5.91 Å². The number of likely N-dealkylation sites (N-methyl/N-ethyl adjacent to an activating group) is 1. The van der Waals surface area contributed by atoms with Gasteiger partial charge in [0.25, 0.3) is 0 Å². The Hall–Kier alpha value is -1.31. The summed E-state index contributed by atoms with van der Waals surface area (Å²) in [5, 5.41) is 4.71. The summed E-state index contributed by atoms with van der Waals surface area (Å²) in [6.07, 6.45) is 5.07. The van der Waals surface area contributed by atoms with E-state index in [4.69, 9.17) is 6.42 Å². The maximum atomic E-state index is 11.5. The summed E-state index contributed by atoms with van der Waals surface area (Å²) >= 11 is 1.71. The van der Waals surface area contributed by atoms with Crippen LogP contribution in [0.15, 0.2) is 17.5 Å². The fraction of sp³-hybridized carbons (Fsp3) is 0.417. The molecule has 86 valence electrons. The van der Waals surface area contributed by atoms with Crippen molar-refractivity contribution in [3.8, 4) is 12.3 Å². The van der Waals surface area contributed by atoms with Crippen LogP contribution in [0, 0.1) is 12.3 Å². The van der Waals surface area contributed by atoms with Gasteiger partial charge in [-0.15, -0.1) is 17.8 Å². The van der Waals surface area contributed by atoms with Gasteiger partial charge < -0.3 is 5.32 Å². The molecule has 0 saturated heterocycles. The summed E-state index contributed by atoms with van der Waals surface area (Å²) in [7, 11) is 0. The lowest BCUT2D eigenvalue weighted by atomic mass is 10.4. The molecule has 0 fully saturated rings. The average molecular weight is 236 g/mol. The first-order chi connectivity index (χ1) is 7.76. The lowest BCUT2D eigenvalue weighted by Crippen LogP contribution is -2.36. The molecule has 0 saturated carbocycles. The molecule has 1 rings (SSSR count). The van der Waals surface area contributed by atoms with Crippen LogP contribution in [0.4, 0.5) is 0 Å². The number of carbonyl (C=O) groups excluding carboxylic acids is 1. The van der Waals surface area contributed by atoms with E-state index in [2.05, 4.69) is 22.2 Å². The fourth-order valence-electron chi connectivity index (χ4n) is 1.31. The number of carbonyl (C=O) groups is 1. The van der Waals surface area contributed by atoms with Crippen molar-refractivity contribution in [2.75, 3.05) is 19.6 Å². The maximum absolute atomic E-state index is 11.5. The molecule has 0 aliphatic carbocycles. The quantitative estimate of drug-likeness (QED) is 0.756. The Balaban J connectivity index is 2.37. The number of thiophene rings is 1. The second kappa shape index (κ2) is 7.04. The number of hydrogen-bond acceptors (Lipinski definition) is 3. The predicted molar refractivity (Wildman–Crippen MR) is 67.1 cm³/mol. The van der Waals surface area contributed by atoms with Crippen molar-refractivity contribution < 1.29 is 4.79 Å². The largest absolute Gasteiger partial charge is 0.344 e. The smallest absolute Gasteiger partial charge is 0.234 e. The highest BCUT2D eigenvalue weighted by molar-refractivity contribution is 7.09. The zero-order chi connectivity index (χ0) is 11.8. The number of hydrogen-bond donors (Lipinski definition) is 1. The van der Waals surface area contributed by atoms with Crippen LogP contribution in [0.1, 0.15) is 11.8 Å². The van der Waals surface area contributed by atoms with Gasteiger partial charge in [-0.05, 0) is 18.0 Å². The monoisotopic (exact) mass is 236 g/mol. The zero-order valence-electron chi connectivity index (χ0n) is 9.40. The second-order valence-electron chi connectivity index (χ2n) is 3.36. The molecule has 3 nitrogen and oxygen atoms in total. The standard InChI is InChI=1S/C12H16N2OS/c1-3-7-13-12(15)10-14(4-2)9-11-6-5-8-16-11/h1,5-6,8H,4,7,9-10H2,2H3,(H,13,15). The third-order valence-electron chi connectivity index (χ3n) is 2.16. The van der Waals surface area contributed by atoms with Crippen molar-refractivity contribution in [3.63, 3.8) is 0 Å². The molecule has 1 aromatic rings. The first-order valence-electron chi connectivity index (χ1n) is 5.21. The lowest BCUT2D eigenvalue weighted by molar-refractivity contribution is -0.122. The number of nitrogens with zero attached hydrogens (tertiary/aromatic N) is 1. The lowest BCUT2D eigenvalue weighted by Gasteiger charge is -2.18. The minimum absolute atomic E-state index is 0.0173. The van der Waals surface area contributed by atoms with E-state index in [1.165, 1.54) is 4.88 Å². The van der Waals surface area contributed by atoms with Gasteiger partial charge in [-0.2, -0.15) is 0 Å². The van der Waals surface area contributed by atoms with Gasteiger partial charge in [0.05, 0.1) is 13.1 Å². The Labute approximate surface area is 100 Å². The van der Waals surface area contributed by atoms with E-state index >= 15 is 0 Å². The maximum Gasteiger partial charge on any atom is 0.234 e. The molecule has 16 heavy (non-hydrogen) atoms. The van der Waals surface area contributed by atoms with E-state index in [0.29, 0.717) is 13.1 Å². The van der Waals surface area contributed by atoms with Crippen LogP contribution in [-0.2, 0) is 11.3 Å². The van der Waals surface area contributed by atoms with Crippen LogP contribution in [0.3, 0.4) is 0 Å². The molecule has 0 aliphatic rings. The summed E-state index contributed by atoms with van der Waals surface area (Å²) in [4.78, 5) is 14.8. The third kappa shape index (κ3) is 4.47. The van der Waals surface area contributed by atoms with Gasteiger partial charge in [-0.3, -0.25) is 9.69 Å². The van der Waals surface area contributed by atoms with E-state index < -0.39 is 0 Å². The van der Waals surface area contributed by atoms with Crippen molar-refractivity contribution >= 4 is 17.2 Å². The Morgan fingerprint density at radius 3 is 3.06 bits per heavy atom. The fourth-order valence-corrected chi connectivity index (χ4v) is 2.06. The molecule has 0 aromatic carbocycles. The molecule has 0 aliphatic heterocycles. The van der Waals surface area contributed by atoms with Crippen LogP contribution in [-0.4, -0.2) is 30.4 Å². The average Bonchev–Trinajstić information content (AvgIpc) is 2.78. The van der Waals surface area contributed by atoms with E-state index in [9.17, 15) is 4.79 Å². The van der Waals surface area contributed by atoms with Crippen LogP contribution < -0.4 is 5.32 Å². The van der Waals surface area contributed by atoms with Crippen molar-refractivity contribution in [1.82, 2.24) is 10.2 Å². The zero-order valence-corrected chi connectivity index (χ0v) is 10.2. The summed E-state index contributed by atoms with van der Waals surface area (Å²) in [6.45, 7) is 4.41. The molecular formula is C12H16N2OS. The molecule has 1 amide bonds. The van der Waals surface area contributed by atoms with Gasteiger partial charge in [0.1, 0.15) is 0 Å². The highest BCUT2D eigenvalue weighted by atomic mass is 32.1. The van der Waals surface area contributed by atoms with Crippen molar-refractivity contribution in [2.24, 2.45) is 0 Å². The molecule has 0 radical (unpaired) electrons. The molecule has 1 aromatic heterocycles. The van der Waals surface area contributed by atoms with Gasteiger partial charge in [0.2, 0.25) is 5.91 Å². The minimum Gasteiger partial charge on any atom is -0.344 e. The topological polar surface area (TPSA) is 32.3 Å². The third-order valence-corrected chi connectivity index (χ3v) is 3.02. The van der Waals surface area contributed by atoms with Gasteiger partial charge in [-0.25, -0.2) is 0 Å². The van der Waals surface area contributed by atoms with Crippen LogP contribution >= 0.6 is 11.3 Å². The van der Waals surface area contributed by atoms with Gasteiger partial charge in [-0.1, -0.05) is 18.9 Å². The first kappa shape index (κ1) is 12.8. The highest BCUT2D eigenvalue weighted by Gasteiger charge is 2.09. The molecular weight excluding hydrogens is 220 g/mol. The predicted octanol–water partition coefficient (Wildman–Crippen LogP) is 1.32. The summed E-state index contributed by atoms with van der Waals surface area (Å²) < 4.78 is 0. The SMILES string of the molecule is C#CCNC(=O)CN(CC)Cc1cccs1. The van der Waals surface area contributed by atoms with Gasteiger partial charge in [0, 0.05) is 11.4 Å². The normalized spacial score (nSPS) is 10.1. The first-order valence-corrected chi connectivity index (χ1v) is 6.09. The molecule has 0 unspecified atom stereocenters. The van der Waals surface area contributed by atoms with Gasteiger partial charge >= 0.3 is 0 Å². The highest BCUT2D eigenvalue weighted by Crippen LogP contribution is 2.11. The Kier molecular flexibility index (Phi) is 5.62. The van der Waals surface area contributed by atoms with Crippen molar-refractivity contribution in [2.45, 2.75) is 13.5 Å². The Morgan fingerprint density at radius 2 is 2.50 bits per heavy atom. The number of amides is 1. The Morgan fingerprint density at radius 1 is 1.69 bits per heavy atom. The van der Waals surface area contributed by atoms with E-state index in [1.54, 1.807) is 11.3 Å². The molecule has 1 heterocycles. The minimum atomic E-state index is -0.0173. The van der Waals surface area contributed by atoms with Crippen LogP contribution in [0.2, 0.25) is 0 Å². The number of terminal acetylenes is 1. The number of rotatable bonds is 6. The number of nitrogens with one attached hydrogen (secondary N) is 1. The van der Waals surface area contributed by atoms with E-state index in [1.807, 2.05) is 18.4 Å². The molecule has 0 spiro atoms. The molecule has 1 N–H and O–H groups in total. The summed E-state index contributed by atoms with van der Waals surface area (Å²) in [5.74, 6) is 2.37. The molecule has 4 heteroatoms. The second-order valence-corrected chi connectivity index (χ2v) is 4.40. The van der Waals surface area contributed by atoms with Gasteiger partial charge in [0.15, 0.2) is 0 Å². The molecule has 0 bridgehead atoms. The van der Waals surface area contributed by atoms with Crippen molar-refractivity contribution in [3.05, 3.63) is 22.4 Å². The molecule has 0 atom stereocenters. The van der Waals surface area contributed by atoms with Crippen molar-refractivity contribution in [1.29, 1.82) is 0 Å². The van der Waals surface area contributed by atoms with Crippen LogP contribution in [0.25, 0.3) is 0 Å². The Bertz CT molecular complexity index is 354. The summed E-state index contributed by atoms with van der Waals surface area (Å²) in [6, 6.07) is 4.10.